The monoisotopic (exact) mass is 239 g/mol. The van der Waals surface area contributed by atoms with Gasteiger partial charge in [-0.1, -0.05) is 12.8 Å². The number of ether oxygens (including phenoxy) is 1. The lowest BCUT2D eigenvalue weighted by molar-refractivity contribution is -0.128. The second-order valence-corrected chi connectivity index (χ2v) is 4.65. The zero-order chi connectivity index (χ0) is 13.1. The van der Waals surface area contributed by atoms with Crippen molar-refractivity contribution < 1.29 is 9.53 Å². The second kappa shape index (κ2) is 10.2. The quantitative estimate of drug-likeness (QED) is 0.496. The Labute approximate surface area is 105 Å². The first-order chi connectivity index (χ1) is 8.06. The van der Waals surface area contributed by atoms with Crippen LogP contribution in [0.25, 0.3) is 0 Å². The summed E-state index contributed by atoms with van der Waals surface area (Å²) < 4.78 is 5.46. The average molecular weight is 239 g/mol. The third-order valence-electron chi connectivity index (χ3n) is 2.38. The highest BCUT2D eigenvalue weighted by Crippen LogP contribution is 2.07. The van der Waals surface area contributed by atoms with Crippen molar-refractivity contribution in [1.82, 2.24) is 5.32 Å². The van der Waals surface area contributed by atoms with Gasteiger partial charge in [0, 0.05) is 12.5 Å². The van der Waals surface area contributed by atoms with Crippen LogP contribution in [0.2, 0.25) is 0 Å². The minimum absolute atomic E-state index is 0.0424. The first kappa shape index (κ1) is 16.0. The van der Waals surface area contributed by atoms with Gasteiger partial charge in [-0.05, 0) is 33.6 Å². The van der Waals surface area contributed by atoms with E-state index in [0.29, 0.717) is 0 Å². The van der Waals surface area contributed by atoms with Crippen molar-refractivity contribution in [3.05, 3.63) is 0 Å². The predicted octanol–water partition coefficient (Wildman–Crippen LogP) is 2.50. The van der Waals surface area contributed by atoms with Gasteiger partial charge < -0.3 is 10.1 Å². The van der Waals surface area contributed by atoms with Crippen LogP contribution in [-0.4, -0.2) is 24.7 Å². The topological polar surface area (TPSA) is 38.3 Å². The molecular formula is C14H25NO2. The van der Waals surface area contributed by atoms with Gasteiger partial charge >= 0.3 is 0 Å². The minimum Gasteiger partial charge on any atom is -0.369 e. The van der Waals surface area contributed by atoms with Crippen molar-refractivity contribution in [2.45, 2.75) is 65.0 Å². The van der Waals surface area contributed by atoms with E-state index in [9.17, 15) is 4.79 Å². The number of carbonyl (C=O) groups excluding carboxylic acids is 1. The highest BCUT2D eigenvalue weighted by atomic mass is 16.5. The molecule has 0 heterocycles. The van der Waals surface area contributed by atoms with Crippen LogP contribution in [0, 0.1) is 12.3 Å². The molecule has 0 aromatic carbocycles. The third-order valence-corrected chi connectivity index (χ3v) is 2.38. The zero-order valence-electron chi connectivity index (χ0n) is 11.3. The van der Waals surface area contributed by atoms with Gasteiger partial charge in [-0.3, -0.25) is 4.79 Å². The van der Waals surface area contributed by atoms with Crippen molar-refractivity contribution in [2.24, 2.45) is 0 Å². The second-order valence-electron chi connectivity index (χ2n) is 4.65. The van der Waals surface area contributed by atoms with Gasteiger partial charge in [0.05, 0.1) is 6.10 Å². The molecule has 98 valence electrons. The number of nitrogens with one attached hydrogen (secondary N) is 1. The van der Waals surface area contributed by atoms with Gasteiger partial charge in [0.15, 0.2) is 0 Å². The number of hydrogen-bond acceptors (Lipinski definition) is 2. The molecule has 0 saturated heterocycles. The van der Waals surface area contributed by atoms with E-state index in [1.807, 2.05) is 20.8 Å². The number of hydrogen-bond donors (Lipinski definition) is 1. The van der Waals surface area contributed by atoms with E-state index >= 15 is 0 Å². The Morgan fingerprint density at radius 1 is 1.29 bits per heavy atom. The largest absolute Gasteiger partial charge is 0.369 e. The number of carbonyl (C=O) groups is 1. The predicted molar refractivity (Wildman–Crippen MR) is 70.6 cm³/mol. The lowest BCUT2D eigenvalue weighted by atomic mass is 10.1. The van der Waals surface area contributed by atoms with Crippen LogP contribution in [0.5, 0.6) is 0 Å². The summed E-state index contributed by atoms with van der Waals surface area (Å²) >= 11 is 0. The van der Waals surface area contributed by atoms with Crippen molar-refractivity contribution in [2.75, 3.05) is 6.61 Å². The van der Waals surface area contributed by atoms with Gasteiger partial charge in [-0.15, -0.1) is 12.3 Å². The molecular weight excluding hydrogens is 214 g/mol. The molecule has 1 amide bonds. The smallest absolute Gasteiger partial charge is 0.246 e. The summed E-state index contributed by atoms with van der Waals surface area (Å²) in [4.78, 5) is 11.3. The number of terminal acetylenes is 1. The van der Waals surface area contributed by atoms with Crippen molar-refractivity contribution in [1.29, 1.82) is 0 Å². The van der Waals surface area contributed by atoms with Crippen molar-refractivity contribution in [3.8, 4) is 12.3 Å². The Balaban J connectivity index is 3.43. The van der Waals surface area contributed by atoms with E-state index in [-0.39, 0.29) is 24.7 Å². The third kappa shape index (κ3) is 11.3. The van der Waals surface area contributed by atoms with E-state index in [1.165, 1.54) is 0 Å². The fraction of sp³-hybridized carbons (Fsp3) is 0.786. The molecule has 17 heavy (non-hydrogen) atoms. The lowest BCUT2D eigenvalue weighted by Gasteiger charge is -2.13. The Bertz CT molecular complexity index is 243. The molecule has 0 aromatic heterocycles. The summed E-state index contributed by atoms with van der Waals surface area (Å²) in [7, 11) is 0. The van der Waals surface area contributed by atoms with Crippen LogP contribution in [-0.2, 0) is 9.53 Å². The highest BCUT2D eigenvalue weighted by molar-refractivity contribution is 5.77. The van der Waals surface area contributed by atoms with Gasteiger partial charge in [0.2, 0.25) is 5.91 Å². The van der Waals surface area contributed by atoms with Gasteiger partial charge in [-0.2, -0.15) is 0 Å². The Morgan fingerprint density at radius 3 is 2.59 bits per heavy atom. The maximum Gasteiger partial charge on any atom is 0.246 e. The Hall–Kier alpha value is -1.01. The maximum absolute atomic E-state index is 11.3. The molecule has 0 aliphatic rings. The van der Waals surface area contributed by atoms with Gasteiger partial charge in [-0.25, -0.2) is 0 Å². The number of amides is 1. The summed E-state index contributed by atoms with van der Waals surface area (Å²) in [6.45, 7) is 6.03. The fourth-order valence-electron chi connectivity index (χ4n) is 1.50. The molecule has 1 N–H and O–H groups in total. The molecule has 1 atom stereocenters. The highest BCUT2D eigenvalue weighted by Gasteiger charge is 2.07. The molecule has 0 aliphatic carbocycles. The zero-order valence-corrected chi connectivity index (χ0v) is 11.3. The SMILES string of the molecule is C#CCCCCCC(C)OCC(=O)NC(C)C. The fourth-order valence-corrected chi connectivity index (χ4v) is 1.50. The standard InChI is InChI=1S/C14H25NO2/c1-5-6-7-8-9-10-13(4)17-11-14(16)15-12(2)3/h1,12-13H,6-11H2,2-4H3,(H,15,16). The molecule has 0 aromatic rings. The molecule has 1 unspecified atom stereocenters. The summed E-state index contributed by atoms with van der Waals surface area (Å²) in [6, 6.07) is 0.171. The minimum atomic E-state index is -0.0424. The first-order valence-electron chi connectivity index (χ1n) is 6.40. The Morgan fingerprint density at radius 2 is 2.00 bits per heavy atom. The normalized spacial score (nSPS) is 12.2. The van der Waals surface area contributed by atoms with E-state index in [4.69, 9.17) is 11.2 Å². The first-order valence-corrected chi connectivity index (χ1v) is 6.40. The van der Waals surface area contributed by atoms with Crippen molar-refractivity contribution >= 4 is 5.91 Å². The molecule has 0 rings (SSSR count). The molecule has 3 nitrogen and oxygen atoms in total. The van der Waals surface area contributed by atoms with E-state index in [1.54, 1.807) is 0 Å². The molecule has 0 saturated carbocycles. The summed E-state index contributed by atoms with van der Waals surface area (Å²) in [5.74, 6) is 2.59. The van der Waals surface area contributed by atoms with Crippen LogP contribution in [0.15, 0.2) is 0 Å². The lowest BCUT2D eigenvalue weighted by Crippen LogP contribution is -2.34. The average Bonchev–Trinajstić information content (AvgIpc) is 2.25. The van der Waals surface area contributed by atoms with Gasteiger partial charge in [0.1, 0.15) is 6.61 Å². The van der Waals surface area contributed by atoms with E-state index < -0.39 is 0 Å². The van der Waals surface area contributed by atoms with Crippen LogP contribution >= 0.6 is 0 Å². The number of rotatable bonds is 9. The summed E-state index contributed by atoms with van der Waals surface area (Å²) in [6.07, 6.45) is 10.5. The number of unbranched alkanes of at least 4 members (excludes halogenated alkanes) is 3. The molecule has 0 aliphatic heterocycles. The summed E-state index contributed by atoms with van der Waals surface area (Å²) in [5, 5.41) is 2.80. The van der Waals surface area contributed by atoms with Crippen LogP contribution in [0.4, 0.5) is 0 Å². The van der Waals surface area contributed by atoms with Crippen LogP contribution in [0.1, 0.15) is 52.9 Å². The van der Waals surface area contributed by atoms with E-state index in [2.05, 4.69) is 11.2 Å². The Kier molecular flexibility index (Phi) is 9.56. The molecule has 0 spiro atoms. The molecule has 0 radical (unpaired) electrons. The molecule has 0 fully saturated rings. The molecule has 3 heteroatoms. The van der Waals surface area contributed by atoms with Crippen LogP contribution < -0.4 is 5.32 Å². The van der Waals surface area contributed by atoms with Crippen molar-refractivity contribution in [3.63, 3.8) is 0 Å². The molecule has 0 bridgehead atoms. The maximum atomic E-state index is 11.3. The van der Waals surface area contributed by atoms with Crippen LogP contribution in [0.3, 0.4) is 0 Å². The summed E-state index contributed by atoms with van der Waals surface area (Å²) in [5.41, 5.74) is 0. The van der Waals surface area contributed by atoms with Gasteiger partial charge in [0.25, 0.3) is 0 Å². The van der Waals surface area contributed by atoms with E-state index in [0.717, 1.165) is 32.1 Å².